The summed E-state index contributed by atoms with van der Waals surface area (Å²) in [4.78, 5) is 4.09. The van der Waals surface area contributed by atoms with E-state index in [2.05, 4.69) is 26.2 Å². The van der Waals surface area contributed by atoms with Gasteiger partial charge in [0.05, 0.1) is 16.4 Å². The summed E-state index contributed by atoms with van der Waals surface area (Å²) in [6.07, 6.45) is 2.30. The summed E-state index contributed by atoms with van der Waals surface area (Å²) in [5.74, 6) is 0.752. The van der Waals surface area contributed by atoms with Crippen LogP contribution in [0.15, 0.2) is 16.7 Å². The molecule has 0 radical (unpaired) electrons. The molecule has 1 rings (SSSR count). The second-order valence-electron chi connectivity index (χ2n) is 2.60. The van der Waals surface area contributed by atoms with Gasteiger partial charge in [0, 0.05) is 13.2 Å². The summed E-state index contributed by atoms with van der Waals surface area (Å²) < 4.78 is 0.838. The van der Waals surface area contributed by atoms with Crippen molar-refractivity contribution in [2.75, 3.05) is 24.2 Å². The lowest BCUT2D eigenvalue weighted by atomic mass is 10.4. The van der Waals surface area contributed by atoms with Crippen LogP contribution in [0.25, 0.3) is 0 Å². The molecule has 1 aromatic heterocycles. The van der Waals surface area contributed by atoms with Crippen molar-refractivity contribution in [3.63, 3.8) is 0 Å². The number of rotatable bonds is 4. The number of nitrogen functional groups attached to an aromatic ring is 1. The van der Waals surface area contributed by atoms with E-state index in [1.54, 1.807) is 12.3 Å². The molecular formula is C8H12BrN3O. The zero-order chi connectivity index (χ0) is 9.68. The van der Waals surface area contributed by atoms with Crippen LogP contribution in [0.2, 0.25) is 0 Å². The highest BCUT2D eigenvalue weighted by Gasteiger charge is 1.99. The van der Waals surface area contributed by atoms with E-state index in [0.29, 0.717) is 18.7 Å². The standard InChI is InChI=1S/C8H12BrN3O/c9-7-4-6(10)5-12-8(7)11-2-1-3-13/h4-5,13H,1-3,10H2,(H,11,12). The molecule has 13 heavy (non-hydrogen) atoms. The first-order valence-electron chi connectivity index (χ1n) is 4.00. The summed E-state index contributed by atoms with van der Waals surface area (Å²) >= 11 is 3.33. The van der Waals surface area contributed by atoms with E-state index in [9.17, 15) is 0 Å². The molecular weight excluding hydrogens is 234 g/mol. The molecule has 0 aliphatic heterocycles. The number of anilines is 2. The number of aromatic nitrogens is 1. The summed E-state index contributed by atoms with van der Waals surface area (Å²) in [5, 5.41) is 11.6. The van der Waals surface area contributed by atoms with Gasteiger partial charge in [-0.15, -0.1) is 0 Å². The van der Waals surface area contributed by atoms with Gasteiger partial charge in [0.2, 0.25) is 0 Å². The fourth-order valence-corrected chi connectivity index (χ4v) is 1.38. The number of halogens is 1. The molecule has 0 atom stereocenters. The Bertz CT molecular complexity index is 280. The highest BCUT2D eigenvalue weighted by Crippen LogP contribution is 2.21. The first kappa shape index (κ1) is 10.3. The van der Waals surface area contributed by atoms with Crippen LogP contribution in [0.1, 0.15) is 6.42 Å². The van der Waals surface area contributed by atoms with Crippen molar-refractivity contribution in [3.8, 4) is 0 Å². The van der Waals surface area contributed by atoms with Gasteiger partial charge in [-0.25, -0.2) is 4.98 Å². The Morgan fingerprint density at radius 3 is 3.00 bits per heavy atom. The van der Waals surface area contributed by atoms with Crippen molar-refractivity contribution in [3.05, 3.63) is 16.7 Å². The maximum absolute atomic E-state index is 8.57. The average molecular weight is 246 g/mol. The molecule has 0 unspecified atom stereocenters. The van der Waals surface area contributed by atoms with Gasteiger partial charge >= 0.3 is 0 Å². The highest BCUT2D eigenvalue weighted by molar-refractivity contribution is 9.10. The zero-order valence-corrected chi connectivity index (χ0v) is 8.71. The van der Waals surface area contributed by atoms with Gasteiger partial charge in [-0.05, 0) is 28.4 Å². The fraction of sp³-hybridized carbons (Fsp3) is 0.375. The van der Waals surface area contributed by atoms with Crippen LogP contribution >= 0.6 is 15.9 Å². The van der Waals surface area contributed by atoms with E-state index < -0.39 is 0 Å². The topological polar surface area (TPSA) is 71.2 Å². The second kappa shape index (κ2) is 5.04. The monoisotopic (exact) mass is 245 g/mol. The van der Waals surface area contributed by atoms with Crippen LogP contribution in [-0.2, 0) is 0 Å². The minimum atomic E-state index is 0.180. The van der Waals surface area contributed by atoms with Gasteiger partial charge in [0.1, 0.15) is 5.82 Å². The molecule has 4 nitrogen and oxygen atoms in total. The molecule has 0 amide bonds. The van der Waals surface area contributed by atoms with Crippen molar-refractivity contribution in [2.45, 2.75) is 6.42 Å². The molecule has 0 saturated heterocycles. The van der Waals surface area contributed by atoms with E-state index >= 15 is 0 Å². The molecule has 0 aliphatic rings. The number of nitrogens with one attached hydrogen (secondary N) is 1. The van der Waals surface area contributed by atoms with Crippen LogP contribution in [-0.4, -0.2) is 23.2 Å². The summed E-state index contributed by atoms with van der Waals surface area (Å²) in [6, 6.07) is 1.79. The van der Waals surface area contributed by atoms with Gasteiger partial charge in [-0.2, -0.15) is 0 Å². The molecule has 1 aromatic rings. The first-order valence-corrected chi connectivity index (χ1v) is 4.79. The molecule has 4 N–H and O–H groups in total. The summed E-state index contributed by atoms with van der Waals surface area (Å²) in [5.41, 5.74) is 6.15. The highest BCUT2D eigenvalue weighted by atomic mass is 79.9. The molecule has 0 spiro atoms. The minimum absolute atomic E-state index is 0.180. The van der Waals surface area contributed by atoms with E-state index in [0.717, 1.165) is 10.3 Å². The van der Waals surface area contributed by atoms with Gasteiger partial charge in [-0.1, -0.05) is 0 Å². The largest absolute Gasteiger partial charge is 0.397 e. The predicted molar refractivity (Wildman–Crippen MR) is 56.5 cm³/mol. The number of aliphatic hydroxyl groups is 1. The molecule has 5 heteroatoms. The fourth-order valence-electron chi connectivity index (χ4n) is 0.869. The smallest absolute Gasteiger partial charge is 0.140 e. The van der Waals surface area contributed by atoms with Crippen LogP contribution in [0.5, 0.6) is 0 Å². The molecule has 0 aromatic carbocycles. The lowest BCUT2D eigenvalue weighted by Gasteiger charge is -2.06. The van der Waals surface area contributed by atoms with Crippen LogP contribution in [0.4, 0.5) is 11.5 Å². The third-order valence-corrected chi connectivity index (χ3v) is 2.09. The molecule has 0 aliphatic carbocycles. The maximum atomic E-state index is 8.57. The van der Waals surface area contributed by atoms with Gasteiger partial charge in [-0.3, -0.25) is 0 Å². The third kappa shape index (κ3) is 3.20. The molecule has 0 fully saturated rings. The van der Waals surface area contributed by atoms with E-state index in [1.165, 1.54) is 0 Å². The van der Waals surface area contributed by atoms with Crippen molar-refractivity contribution in [1.29, 1.82) is 0 Å². The molecule has 72 valence electrons. The summed E-state index contributed by atoms with van der Waals surface area (Å²) in [6.45, 7) is 0.881. The lowest BCUT2D eigenvalue weighted by molar-refractivity contribution is 0.292. The Balaban J connectivity index is 2.56. The Hall–Kier alpha value is -0.810. The summed E-state index contributed by atoms with van der Waals surface area (Å²) in [7, 11) is 0. The number of hydrogen-bond donors (Lipinski definition) is 3. The van der Waals surface area contributed by atoms with Crippen molar-refractivity contribution in [1.82, 2.24) is 4.98 Å². The van der Waals surface area contributed by atoms with E-state index in [-0.39, 0.29) is 6.61 Å². The van der Waals surface area contributed by atoms with E-state index in [4.69, 9.17) is 10.8 Å². The predicted octanol–water partition coefficient (Wildman–Crippen LogP) is 1.22. The van der Waals surface area contributed by atoms with Gasteiger partial charge in [0.25, 0.3) is 0 Å². The third-order valence-electron chi connectivity index (χ3n) is 1.49. The number of aliphatic hydroxyl groups excluding tert-OH is 1. The normalized spacial score (nSPS) is 10.0. The van der Waals surface area contributed by atoms with E-state index in [1.807, 2.05) is 0 Å². The molecule has 0 saturated carbocycles. The average Bonchev–Trinajstić information content (AvgIpc) is 2.09. The van der Waals surface area contributed by atoms with Crippen LogP contribution in [0.3, 0.4) is 0 Å². The Labute approximate surface area is 85.3 Å². The van der Waals surface area contributed by atoms with Crippen molar-refractivity contribution >= 4 is 27.4 Å². The quantitative estimate of drug-likeness (QED) is 0.698. The van der Waals surface area contributed by atoms with Crippen molar-refractivity contribution < 1.29 is 5.11 Å². The number of nitrogens with two attached hydrogens (primary N) is 1. The molecule has 0 bridgehead atoms. The maximum Gasteiger partial charge on any atom is 0.140 e. The number of pyridine rings is 1. The second-order valence-corrected chi connectivity index (χ2v) is 3.46. The van der Waals surface area contributed by atoms with Gasteiger partial charge < -0.3 is 16.2 Å². The van der Waals surface area contributed by atoms with Gasteiger partial charge in [0.15, 0.2) is 0 Å². The Morgan fingerprint density at radius 1 is 1.62 bits per heavy atom. The van der Waals surface area contributed by atoms with Crippen molar-refractivity contribution in [2.24, 2.45) is 0 Å². The first-order chi connectivity index (χ1) is 6.24. The van der Waals surface area contributed by atoms with Crippen LogP contribution < -0.4 is 11.1 Å². The van der Waals surface area contributed by atoms with Crippen LogP contribution in [0, 0.1) is 0 Å². The minimum Gasteiger partial charge on any atom is -0.397 e. The lowest BCUT2D eigenvalue weighted by Crippen LogP contribution is -2.05. The zero-order valence-electron chi connectivity index (χ0n) is 7.13. The molecule has 1 heterocycles. The number of hydrogen-bond acceptors (Lipinski definition) is 4. The Morgan fingerprint density at radius 2 is 2.38 bits per heavy atom. The Kier molecular flexibility index (Phi) is 3.98. The SMILES string of the molecule is Nc1cnc(NCCCO)c(Br)c1. The number of nitrogens with zero attached hydrogens (tertiary/aromatic N) is 1.